The number of aromatic hydroxyl groups is 1. The summed E-state index contributed by atoms with van der Waals surface area (Å²) < 4.78 is 0. The molecule has 0 radical (unpaired) electrons. The van der Waals surface area contributed by atoms with Crippen LogP contribution in [0.4, 0.5) is 0 Å². The van der Waals surface area contributed by atoms with Gasteiger partial charge in [0, 0.05) is 26.1 Å². The Morgan fingerprint density at radius 2 is 2.16 bits per heavy atom. The van der Waals surface area contributed by atoms with Gasteiger partial charge in [-0.05, 0) is 36.8 Å². The second-order valence-corrected chi connectivity index (χ2v) is 5.14. The highest BCUT2D eigenvalue weighted by Crippen LogP contribution is 2.21. The number of phenols is 1. The number of carbonyl (C=O) groups excluding carboxylic acids is 1. The monoisotopic (exact) mass is 263 g/mol. The van der Waals surface area contributed by atoms with Crippen molar-refractivity contribution in [1.82, 2.24) is 4.90 Å². The fourth-order valence-corrected chi connectivity index (χ4v) is 2.60. The number of amides is 1. The standard InChI is InChI=1S/C15H21NO3/c17-10-8-12-7-9-16(11-12)15(19)6-5-13-3-1-2-4-14(13)18/h1-4,12,17-18H,5-11H2. The van der Waals surface area contributed by atoms with Crippen molar-refractivity contribution in [2.45, 2.75) is 25.7 Å². The second-order valence-electron chi connectivity index (χ2n) is 5.14. The molecule has 1 aliphatic heterocycles. The number of phenolic OH excluding ortho intramolecular Hbond substituents is 1. The van der Waals surface area contributed by atoms with Crippen LogP contribution in [0.5, 0.6) is 5.75 Å². The van der Waals surface area contributed by atoms with E-state index in [1.54, 1.807) is 12.1 Å². The zero-order valence-corrected chi connectivity index (χ0v) is 11.1. The maximum Gasteiger partial charge on any atom is 0.222 e. The molecule has 1 aliphatic rings. The Morgan fingerprint density at radius 1 is 1.37 bits per heavy atom. The zero-order valence-electron chi connectivity index (χ0n) is 11.1. The molecule has 1 heterocycles. The molecule has 4 nitrogen and oxygen atoms in total. The van der Waals surface area contributed by atoms with E-state index in [0.29, 0.717) is 18.8 Å². The third kappa shape index (κ3) is 3.70. The molecule has 2 rings (SSSR count). The first-order chi connectivity index (χ1) is 9.20. The molecule has 1 saturated heterocycles. The van der Waals surface area contributed by atoms with Gasteiger partial charge in [-0.1, -0.05) is 18.2 Å². The van der Waals surface area contributed by atoms with Crippen LogP contribution < -0.4 is 0 Å². The normalized spacial score (nSPS) is 18.8. The Hall–Kier alpha value is -1.55. The zero-order chi connectivity index (χ0) is 13.7. The highest BCUT2D eigenvalue weighted by molar-refractivity contribution is 5.76. The molecule has 1 aromatic carbocycles. The molecule has 1 amide bonds. The van der Waals surface area contributed by atoms with Crippen molar-refractivity contribution in [2.75, 3.05) is 19.7 Å². The number of carbonyl (C=O) groups is 1. The predicted molar refractivity (Wildman–Crippen MR) is 72.8 cm³/mol. The van der Waals surface area contributed by atoms with Crippen LogP contribution in [-0.2, 0) is 11.2 Å². The minimum atomic E-state index is 0.142. The molecule has 0 aromatic heterocycles. The smallest absolute Gasteiger partial charge is 0.222 e. The highest BCUT2D eigenvalue weighted by Gasteiger charge is 2.25. The van der Waals surface area contributed by atoms with Crippen molar-refractivity contribution in [3.8, 4) is 5.75 Å². The Balaban J connectivity index is 1.81. The maximum atomic E-state index is 12.1. The average molecular weight is 263 g/mol. The lowest BCUT2D eigenvalue weighted by molar-refractivity contribution is -0.130. The maximum absolute atomic E-state index is 12.1. The molecule has 1 unspecified atom stereocenters. The molecule has 1 aromatic rings. The highest BCUT2D eigenvalue weighted by atomic mass is 16.3. The van der Waals surface area contributed by atoms with E-state index in [4.69, 9.17) is 5.11 Å². The fraction of sp³-hybridized carbons (Fsp3) is 0.533. The average Bonchev–Trinajstić information content (AvgIpc) is 2.87. The van der Waals surface area contributed by atoms with Crippen LogP contribution in [0, 0.1) is 5.92 Å². The van der Waals surface area contributed by atoms with E-state index < -0.39 is 0 Å². The van der Waals surface area contributed by atoms with Gasteiger partial charge in [0.1, 0.15) is 5.75 Å². The van der Waals surface area contributed by atoms with Gasteiger partial charge < -0.3 is 15.1 Å². The predicted octanol–water partition coefficient (Wildman–Crippen LogP) is 1.56. The molecule has 4 heteroatoms. The summed E-state index contributed by atoms with van der Waals surface area (Å²) in [4.78, 5) is 13.9. The second kappa shape index (κ2) is 6.57. The molecule has 2 N–H and O–H groups in total. The van der Waals surface area contributed by atoms with Crippen LogP contribution in [0.3, 0.4) is 0 Å². The summed E-state index contributed by atoms with van der Waals surface area (Å²) in [5.41, 5.74) is 0.821. The van der Waals surface area contributed by atoms with Gasteiger partial charge in [-0.15, -0.1) is 0 Å². The molecular weight excluding hydrogens is 242 g/mol. The largest absolute Gasteiger partial charge is 0.508 e. The van der Waals surface area contributed by atoms with E-state index in [2.05, 4.69) is 0 Å². The first-order valence-corrected chi connectivity index (χ1v) is 6.86. The molecule has 0 aliphatic carbocycles. The Labute approximate surface area is 113 Å². The SMILES string of the molecule is O=C(CCc1ccccc1O)N1CCC(CCO)C1. The summed E-state index contributed by atoms with van der Waals surface area (Å²) in [6.07, 6.45) is 2.78. The van der Waals surface area contributed by atoms with E-state index in [9.17, 15) is 9.90 Å². The Morgan fingerprint density at radius 3 is 2.89 bits per heavy atom. The van der Waals surface area contributed by atoms with Gasteiger partial charge in [0.15, 0.2) is 0 Å². The van der Waals surface area contributed by atoms with Gasteiger partial charge in [0.2, 0.25) is 5.91 Å². The quantitative estimate of drug-likeness (QED) is 0.847. The van der Waals surface area contributed by atoms with Gasteiger partial charge in [-0.3, -0.25) is 4.79 Å². The number of rotatable bonds is 5. The summed E-state index contributed by atoms with van der Waals surface area (Å²) in [6, 6.07) is 7.14. The number of benzene rings is 1. The molecule has 19 heavy (non-hydrogen) atoms. The van der Waals surface area contributed by atoms with Crippen molar-refractivity contribution >= 4 is 5.91 Å². The van der Waals surface area contributed by atoms with Crippen molar-refractivity contribution in [3.05, 3.63) is 29.8 Å². The van der Waals surface area contributed by atoms with E-state index in [-0.39, 0.29) is 18.3 Å². The van der Waals surface area contributed by atoms with E-state index >= 15 is 0 Å². The number of aliphatic hydroxyl groups excluding tert-OH is 1. The third-order valence-corrected chi connectivity index (χ3v) is 3.78. The molecule has 1 atom stereocenters. The summed E-state index contributed by atoms with van der Waals surface area (Å²) in [5, 5.41) is 18.6. The molecule has 0 bridgehead atoms. The number of likely N-dealkylation sites (tertiary alicyclic amines) is 1. The van der Waals surface area contributed by atoms with E-state index in [0.717, 1.165) is 31.5 Å². The number of aliphatic hydroxyl groups is 1. The summed E-state index contributed by atoms with van der Waals surface area (Å²) in [7, 11) is 0. The number of nitrogens with zero attached hydrogens (tertiary/aromatic N) is 1. The Bertz CT molecular complexity index is 433. The van der Waals surface area contributed by atoms with Crippen LogP contribution in [0.1, 0.15) is 24.8 Å². The lowest BCUT2D eigenvalue weighted by Crippen LogP contribution is -2.29. The number of aryl methyl sites for hydroxylation is 1. The van der Waals surface area contributed by atoms with Crippen molar-refractivity contribution < 1.29 is 15.0 Å². The van der Waals surface area contributed by atoms with Crippen molar-refractivity contribution in [3.63, 3.8) is 0 Å². The summed E-state index contributed by atoms with van der Waals surface area (Å²) in [6.45, 7) is 1.76. The van der Waals surface area contributed by atoms with E-state index in [1.165, 1.54) is 0 Å². The molecule has 104 valence electrons. The minimum absolute atomic E-state index is 0.142. The van der Waals surface area contributed by atoms with Crippen molar-refractivity contribution in [2.24, 2.45) is 5.92 Å². The van der Waals surface area contributed by atoms with E-state index in [1.807, 2.05) is 17.0 Å². The van der Waals surface area contributed by atoms with Crippen LogP contribution >= 0.6 is 0 Å². The fourth-order valence-electron chi connectivity index (χ4n) is 2.60. The molecule has 1 fully saturated rings. The van der Waals surface area contributed by atoms with Crippen LogP contribution in [0.25, 0.3) is 0 Å². The molecule has 0 spiro atoms. The number of para-hydroxylation sites is 1. The van der Waals surface area contributed by atoms with Crippen LogP contribution in [0.15, 0.2) is 24.3 Å². The minimum Gasteiger partial charge on any atom is -0.508 e. The first kappa shape index (κ1) is 13.9. The first-order valence-electron chi connectivity index (χ1n) is 6.86. The van der Waals surface area contributed by atoms with Gasteiger partial charge in [-0.25, -0.2) is 0 Å². The van der Waals surface area contributed by atoms with Gasteiger partial charge in [0.05, 0.1) is 0 Å². The lowest BCUT2D eigenvalue weighted by Gasteiger charge is -2.16. The number of hydrogen-bond donors (Lipinski definition) is 2. The molecule has 0 saturated carbocycles. The number of hydrogen-bond acceptors (Lipinski definition) is 3. The lowest BCUT2D eigenvalue weighted by atomic mass is 10.1. The van der Waals surface area contributed by atoms with Crippen LogP contribution in [0.2, 0.25) is 0 Å². The Kier molecular flexibility index (Phi) is 4.80. The topological polar surface area (TPSA) is 60.8 Å². The van der Waals surface area contributed by atoms with Gasteiger partial charge in [0.25, 0.3) is 0 Å². The molecular formula is C15H21NO3. The van der Waals surface area contributed by atoms with Gasteiger partial charge in [-0.2, -0.15) is 0 Å². The van der Waals surface area contributed by atoms with Gasteiger partial charge >= 0.3 is 0 Å². The summed E-state index contributed by atoms with van der Waals surface area (Å²) >= 11 is 0. The summed E-state index contributed by atoms with van der Waals surface area (Å²) in [5.74, 6) is 0.845. The van der Waals surface area contributed by atoms with Crippen molar-refractivity contribution in [1.29, 1.82) is 0 Å². The third-order valence-electron chi connectivity index (χ3n) is 3.78. The van der Waals surface area contributed by atoms with Crippen LogP contribution in [-0.4, -0.2) is 40.7 Å².